The predicted octanol–water partition coefficient (Wildman–Crippen LogP) is 2.79. The summed E-state index contributed by atoms with van der Waals surface area (Å²) >= 11 is -0.367. The molecule has 0 saturated carbocycles. The third kappa shape index (κ3) is 2.91. The Kier molecular flexibility index (Phi) is 3.66. The summed E-state index contributed by atoms with van der Waals surface area (Å²) in [5.74, 6) is 0. The number of halogens is 4. The molecule has 0 bridgehead atoms. The summed E-state index contributed by atoms with van der Waals surface area (Å²) in [5.41, 5.74) is 0.227. The van der Waals surface area contributed by atoms with Crippen LogP contribution in [0.3, 0.4) is 0 Å². The molecule has 0 aliphatic carbocycles. The van der Waals surface area contributed by atoms with Crippen LogP contribution in [0.2, 0.25) is 0 Å². The van der Waals surface area contributed by atoms with E-state index in [9.17, 15) is 13.2 Å². The molecule has 1 rings (SSSR count). The maximum Gasteiger partial charge on any atom is 0.418 e. The molecule has 74 valence electrons. The van der Waals surface area contributed by atoms with Crippen molar-refractivity contribution in [1.29, 1.82) is 0 Å². The first kappa shape index (κ1) is 10.9. The lowest BCUT2D eigenvalue weighted by atomic mass is 10.1. The normalized spacial score (nSPS) is 19.2. The molecule has 1 heterocycles. The first-order chi connectivity index (χ1) is 6.05. The zero-order chi connectivity index (χ0) is 9.90. The van der Waals surface area contributed by atoms with Gasteiger partial charge in [-0.1, -0.05) is 32.9 Å². The van der Waals surface area contributed by atoms with Crippen LogP contribution in [0.1, 0.15) is 0 Å². The topological polar surface area (TPSA) is 9.23 Å². The van der Waals surface area contributed by atoms with E-state index in [2.05, 4.69) is 4.74 Å². The zero-order valence-corrected chi connectivity index (χ0v) is 8.96. The third-order valence-electron chi connectivity index (χ3n) is 1.46. The van der Waals surface area contributed by atoms with Crippen molar-refractivity contribution in [2.24, 2.45) is 0 Å². The number of allylic oxidation sites excluding steroid dienone is 2. The van der Waals surface area contributed by atoms with Crippen molar-refractivity contribution in [3.8, 4) is 0 Å². The number of hydrogen-bond donors (Lipinski definition) is 0. The molecular weight excluding hydrogens is 296 g/mol. The average Bonchev–Trinajstić information content (AvgIpc) is 2.05. The fourth-order valence-corrected chi connectivity index (χ4v) is 2.54. The lowest BCUT2D eigenvalue weighted by Crippen LogP contribution is -2.33. The fourth-order valence-electron chi connectivity index (χ4n) is 0.938. The molecule has 0 radical (unpaired) electrons. The highest BCUT2D eigenvalue weighted by atomic mass is 127. The largest absolute Gasteiger partial charge is 0.418 e. The van der Waals surface area contributed by atoms with E-state index < -0.39 is 12.3 Å². The number of hydrogen-bond acceptors (Lipinski definition) is 1. The second kappa shape index (κ2) is 4.36. The molecule has 1 unspecified atom stereocenters. The van der Waals surface area contributed by atoms with E-state index in [0.29, 0.717) is 0 Å². The van der Waals surface area contributed by atoms with Gasteiger partial charge in [0.15, 0.2) is 6.10 Å². The first-order valence-corrected chi connectivity index (χ1v) is 5.96. The minimum absolute atomic E-state index is 0.227. The van der Waals surface area contributed by atoms with E-state index in [4.69, 9.17) is 0 Å². The second-order valence-corrected chi connectivity index (χ2v) is 4.44. The van der Waals surface area contributed by atoms with Crippen LogP contribution in [0.4, 0.5) is 13.2 Å². The standard InChI is InChI=1S/C8H8F3IO/c1-13-7(8(9,10)11)6-3-2-4-12-5-6/h2-5,7H,1H3. The Morgan fingerprint density at radius 1 is 1.46 bits per heavy atom. The van der Waals surface area contributed by atoms with Crippen molar-refractivity contribution in [3.05, 3.63) is 21.8 Å². The molecule has 1 aliphatic heterocycles. The lowest BCUT2D eigenvalue weighted by Gasteiger charge is -2.19. The molecule has 0 saturated heterocycles. The van der Waals surface area contributed by atoms with E-state index in [1.807, 2.05) is 4.08 Å². The summed E-state index contributed by atoms with van der Waals surface area (Å²) in [6.45, 7) is 0. The number of ether oxygens (including phenoxy) is 1. The Morgan fingerprint density at radius 3 is 2.54 bits per heavy atom. The lowest BCUT2D eigenvalue weighted by molar-refractivity contribution is -0.198. The quantitative estimate of drug-likeness (QED) is 0.713. The highest BCUT2D eigenvalue weighted by Crippen LogP contribution is 2.29. The van der Waals surface area contributed by atoms with E-state index in [-0.39, 0.29) is 26.3 Å². The summed E-state index contributed by atoms with van der Waals surface area (Å²) in [7, 11) is 1.07. The maximum absolute atomic E-state index is 12.3. The molecule has 0 aromatic rings. The minimum atomic E-state index is -4.31. The van der Waals surface area contributed by atoms with E-state index >= 15 is 0 Å². The van der Waals surface area contributed by atoms with Gasteiger partial charge in [-0.3, -0.25) is 0 Å². The van der Waals surface area contributed by atoms with Crippen LogP contribution < -0.4 is 0 Å². The van der Waals surface area contributed by atoms with E-state index in [1.54, 1.807) is 10.1 Å². The van der Waals surface area contributed by atoms with Crippen molar-refractivity contribution in [2.75, 3.05) is 7.11 Å². The van der Waals surface area contributed by atoms with Gasteiger partial charge in [0.2, 0.25) is 0 Å². The molecule has 1 aliphatic rings. The van der Waals surface area contributed by atoms with Crippen molar-refractivity contribution in [2.45, 2.75) is 12.3 Å². The second-order valence-electron chi connectivity index (χ2n) is 2.38. The van der Waals surface area contributed by atoms with Crippen LogP contribution in [0, 0.1) is 0 Å². The van der Waals surface area contributed by atoms with Crippen LogP contribution in [-0.2, 0) is 4.74 Å². The van der Waals surface area contributed by atoms with Gasteiger partial charge in [0.1, 0.15) is 0 Å². The van der Waals surface area contributed by atoms with Crippen molar-refractivity contribution in [3.63, 3.8) is 0 Å². The van der Waals surface area contributed by atoms with Gasteiger partial charge >= 0.3 is 6.18 Å². The van der Waals surface area contributed by atoms with E-state index in [0.717, 1.165) is 7.11 Å². The molecule has 0 aromatic heterocycles. The van der Waals surface area contributed by atoms with Gasteiger partial charge in [-0.15, -0.1) is 0 Å². The molecule has 13 heavy (non-hydrogen) atoms. The molecule has 0 amide bonds. The van der Waals surface area contributed by atoms with Gasteiger partial charge in [0.25, 0.3) is 0 Å². The van der Waals surface area contributed by atoms with Crippen molar-refractivity contribution in [1.82, 2.24) is 0 Å². The minimum Gasteiger partial charge on any atom is -0.367 e. The first-order valence-electron chi connectivity index (χ1n) is 3.47. The summed E-state index contributed by atoms with van der Waals surface area (Å²) in [6, 6.07) is 0. The van der Waals surface area contributed by atoms with Gasteiger partial charge in [0.05, 0.1) is 0 Å². The smallest absolute Gasteiger partial charge is 0.367 e. The Bertz CT molecular complexity index is 265. The molecule has 0 fully saturated rings. The summed E-state index contributed by atoms with van der Waals surface area (Å²) in [5, 5.41) is 0. The predicted molar refractivity (Wildman–Crippen MR) is 54.2 cm³/mol. The van der Waals surface area contributed by atoms with Crippen LogP contribution in [0.25, 0.3) is 0 Å². The average molecular weight is 304 g/mol. The molecule has 5 heteroatoms. The van der Waals surface area contributed by atoms with Gasteiger partial charge in [-0.25, -0.2) is 0 Å². The number of methoxy groups -OCH3 is 1. The van der Waals surface area contributed by atoms with Gasteiger partial charge in [0, 0.05) is 7.11 Å². The molecule has 1 atom stereocenters. The Labute approximate surface area is 84.0 Å². The number of rotatable bonds is 2. The third-order valence-corrected chi connectivity index (χ3v) is 3.37. The van der Waals surface area contributed by atoms with Gasteiger partial charge in [-0.05, 0) is 13.7 Å². The highest BCUT2D eigenvalue weighted by molar-refractivity contribution is 14.2. The van der Waals surface area contributed by atoms with Crippen molar-refractivity contribution >= 4 is 24.7 Å². The van der Waals surface area contributed by atoms with Crippen LogP contribution in [0.15, 0.2) is 21.8 Å². The van der Waals surface area contributed by atoms with Crippen LogP contribution in [0.5, 0.6) is 0 Å². The molecule has 0 N–H and O–H groups in total. The van der Waals surface area contributed by atoms with Crippen LogP contribution >= 0.6 is 20.7 Å². The summed E-state index contributed by atoms with van der Waals surface area (Å²) in [4.78, 5) is 0. The van der Waals surface area contributed by atoms with E-state index in [1.165, 1.54) is 6.08 Å². The Hall–Kier alpha value is -0.170. The zero-order valence-electron chi connectivity index (χ0n) is 6.81. The summed E-state index contributed by atoms with van der Waals surface area (Å²) < 4.78 is 44.9. The number of alkyl halides is 3. The Balaban J connectivity index is 2.85. The SMILES string of the molecule is COC(C1=CC=CI=C1)C(F)(F)F. The van der Waals surface area contributed by atoms with Crippen LogP contribution in [-0.4, -0.2) is 23.4 Å². The summed E-state index contributed by atoms with van der Waals surface area (Å²) in [6.07, 6.45) is -2.98. The molecule has 0 spiro atoms. The Morgan fingerprint density at radius 2 is 2.15 bits per heavy atom. The maximum atomic E-state index is 12.3. The van der Waals surface area contributed by atoms with Gasteiger partial charge in [-0.2, -0.15) is 13.2 Å². The fraction of sp³-hybridized carbons (Fsp3) is 0.375. The van der Waals surface area contributed by atoms with Crippen molar-refractivity contribution < 1.29 is 17.9 Å². The molecule has 1 nitrogen and oxygen atoms in total. The van der Waals surface area contributed by atoms with Gasteiger partial charge < -0.3 is 4.74 Å². The highest BCUT2D eigenvalue weighted by Gasteiger charge is 2.41. The molecular formula is C8H8F3IO. The molecule has 0 aromatic carbocycles. The monoisotopic (exact) mass is 304 g/mol.